The molecule has 1 heterocycles. The Morgan fingerprint density at radius 1 is 1.38 bits per heavy atom. The van der Waals surface area contributed by atoms with E-state index < -0.39 is 14.3 Å². The average Bonchev–Trinajstić information content (AvgIpc) is 2.91. The van der Waals surface area contributed by atoms with E-state index >= 15 is 0 Å². The predicted molar refractivity (Wildman–Crippen MR) is 91.0 cm³/mol. The van der Waals surface area contributed by atoms with E-state index in [2.05, 4.69) is 0 Å². The zero-order valence-electron chi connectivity index (χ0n) is 14.1. The van der Waals surface area contributed by atoms with Gasteiger partial charge < -0.3 is 24.4 Å². The Hall–Kier alpha value is -1.46. The van der Waals surface area contributed by atoms with Gasteiger partial charge >= 0.3 is 5.97 Å². The highest BCUT2D eigenvalue weighted by Gasteiger charge is 2.30. The Kier molecular flexibility index (Phi) is 6.35. The van der Waals surface area contributed by atoms with Crippen LogP contribution in [0.5, 0.6) is 5.75 Å². The summed E-state index contributed by atoms with van der Waals surface area (Å²) in [5, 5.41) is 10.6. The molecule has 1 aromatic rings. The van der Waals surface area contributed by atoms with Gasteiger partial charge in [-0.25, -0.2) is 4.79 Å². The van der Waals surface area contributed by atoms with Crippen LogP contribution in [0.25, 0.3) is 0 Å². The molecule has 0 saturated heterocycles. The van der Waals surface area contributed by atoms with Gasteiger partial charge in [-0.3, -0.25) is 0 Å². The van der Waals surface area contributed by atoms with Crippen molar-refractivity contribution in [2.75, 3.05) is 13.0 Å². The lowest BCUT2D eigenvalue weighted by molar-refractivity contribution is 0.0533. The van der Waals surface area contributed by atoms with Crippen molar-refractivity contribution in [1.82, 2.24) is 0 Å². The zero-order chi connectivity index (χ0) is 17.9. The van der Waals surface area contributed by atoms with Crippen LogP contribution in [-0.4, -0.2) is 33.8 Å². The topological polar surface area (TPSA) is 96.2 Å². The molecule has 132 valence electrons. The molecule has 1 aliphatic rings. The average molecular weight is 354 g/mol. The number of benzene rings is 1. The largest absolute Gasteiger partial charge is 0.507 e. The molecule has 2 rings (SSSR count). The number of hydrogen-bond donors (Lipinski definition) is 3. The molecule has 0 saturated carbocycles. The summed E-state index contributed by atoms with van der Waals surface area (Å²) in [4.78, 5) is 29.5. The summed E-state index contributed by atoms with van der Waals surface area (Å²) in [6.07, 6.45) is 3.05. The molecule has 0 aliphatic carbocycles. The summed E-state index contributed by atoms with van der Waals surface area (Å²) in [5.41, 5.74) is 4.74. The Morgan fingerprint density at radius 2 is 2.08 bits per heavy atom. The number of phenolic OH excluding ortho intramolecular Hbond substituents is 1. The van der Waals surface area contributed by atoms with Crippen molar-refractivity contribution in [3.63, 3.8) is 0 Å². The van der Waals surface area contributed by atoms with Gasteiger partial charge in [0.1, 0.15) is 24.3 Å². The summed E-state index contributed by atoms with van der Waals surface area (Å²) >= 11 is 0. The molecule has 0 radical (unpaired) electrons. The third-order valence-electron chi connectivity index (χ3n) is 4.19. The first-order valence-corrected chi connectivity index (χ1v) is 9.21. The van der Waals surface area contributed by atoms with Gasteiger partial charge in [0, 0.05) is 11.1 Å². The molecule has 3 N–H and O–H groups in total. The molecule has 7 heteroatoms. The molecule has 0 aromatic heterocycles. The van der Waals surface area contributed by atoms with Crippen LogP contribution in [0.1, 0.15) is 46.5 Å². The van der Waals surface area contributed by atoms with Crippen LogP contribution in [0, 0.1) is 6.92 Å². The van der Waals surface area contributed by atoms with E-state index in [-0.39, 0.29) is 30.9 Å². The number of esters is 1. The molecule has 0 spiro atoms. The van der Waals surface area contributed by atoms with Crippen molar-refractivity contribution < 1.29 is 29.2 Å². The monoisotopic (exact) mass is 354 g/mol. The Balaban J connectivity index is 2.25. The number of allylic oxidation sites excluding steroid dienone is 1. The van der Waals surface area contributed by atoms with Gasteiger partial charge in [-0.05, 0) is 37.8 Å². The van der Waals surface area contributed by atoms with Gasteiger partial charge in [0.15, 0.2) is 8.38 Å². The van der Waals surface area contributed by atoms with Crippen molar-refractivity contribution in [3.05, 3.63) is 39.5 Å². The van der Waals surface area contributed by atoms with Crippen LogP contribution in [0.3, 0.4) is 0 Å². The summed E-state index contributed by atoms with van der Waals surface area (Å²) in [7, 11) is -2.05. The quantitative estimate of drug-likeness (QED) is 0.396. The van der Waals surface area contributed by atoms with Crippen LogP contribution in [0.2, 0.25) is 0 Å². The minimum absolute atomic E-state index is 0.00848. The number of rotatable bonds is 7. The second kappa shape index (κ2) is 8.08. The number of ether oxygens (including phenoxy) is 2. The molecule has 6 nitrogen and oxygen atoms in total. The maximum absolute atomic E-state index is 11.9. The lowest BCUT2D eigenvalue weighted by Crippen LogP contribution is -2.05. The second-order valence-electron chi connectivity index (χ2n) is 5.82. The maximum atomic E-state index is 11.9. The van der Waals surface area contributed by atoms with Crippen molar-refractivity contribution in [2.24, 2.45) is 0 Å². The number of phenols is 1. The summed E-state index contributed by atoms with van der Waals surface area (Å²) in [6, 6.07) is 0. The molecule has 0 amide bonds. The van der Waals surface area contributed by atoms with E-state index in [9.17, 15) is 9.90 Å². The number of carbonyl (C=O) groups excluding carboxylic acids is 1. The van der Waals surface area contributed by atoms with Crippen LogP contribution < -0.4 is 0 Å². The fraction of sp³-hybridized carbons (Fsp3) is 0.471. The molecule has 0 bridgehead atoms. The first-order chi connectivity index (χ1) is 11.4. The molecule has 0 unspecified atom stereocenters. The molecular formula is C17H23O6P. The minimum atomic E-state index is -2.05. The summed E-state index contributed by atoms with van der Waals surface area (Å²) in [5.74, 6) is -0.466. The van der Waals surface area contributed by atoms with Crippen molar-refractivity contribution in [3.8, 4) is 5.75 Å². The predicted octanol–water partition coefficient (Wildman–Crippen LogP) is 2.69. The second-order valence-corrected chi connectivity index (χ2v) is 6.82. The van der Waals surface area contributed by atoms with Gasteiger partial charge in [0.25, 0.3) is 0 Å². The molecule has 1 aliphatic heterocycles. The van der Waals surface area contributed by atoms with Gasteiger partial charge in [0.05, 0.1) is 6.61 Å². The molecule has 1 aromatic carbocycles. The van der Waals surface area contributed by atoms with Crippen molar-refractivity contribution in [2.45, 2.75) is 40.2 Å². The minimum Gasteiger partial charge on any atom is -0.507 e. The number of cyclic esters (lactones) is 1. The summed E-state index contributed by atoms with van der Waals surface area (Å²) in [6.45, 7) is 6.34. The Morgan fingerprint density at radius 3 is 2.71 bits per heavy atom. The number of aromatic hydroxyl groups is 1. The molecule has 0 fully saturated rings. The fourth-order valence-corrected chi connectivity index (χ4v) is 3.22. The van der Waals surface area contributed by atoms with Crippen LogP contribution >= 0.6 is 8.38 Å². The highest BCUT2D eigenvalue weighted by Crippen LogP contribution is 2.38. The first-order valence-electron chi connectivity index (χ1n) is 7.78. The standard InChI is InChI=1S/C17H23O6P/c1-4-12-11(3)14-8-23-17(19)15(14)16(18)13(12)6-5-10(2)7-22-9-24(20)21/h5,18,20-21H,4,6-9H2,1-3H3/b10-5+. The highest BCUT2D eigenvalue weighted by atomic mass is 31.2. The zero-order valence-corrected chi connectivity index (χ0v) is 15.0. The third kappa shape index (κ3) is 3.95. The van der Waals surface area contributed by atoms with Crippen LogP contribution in [0.15, 0.2) is 11.6 Å². The van der Waals surface area contributed by atoms with E-state index in [1.807, 2.05) is 26.8 Å². The van der Waals surface area contributed by atoms with Crippen LogP contribution in [-0.2, 0) is 28.9 Å². The van der Waals surface area contributed by atoms with Gasteiger partial charge in [-0.1, -0.05) is 18.6 Å². The van der Waals surface area contributed by atoms with Gasteiger partial charge in [-0.15, -0.1) is 0 Å². The molecular weight excluding hydrogens is 331 g/mol. The lowest BCUT2D eigenvalue weighted by atomic mass is 9.89. The van der Waals surface area contributed by atoms with Crippen LogP contribution in [0.4, 0.5) is 0 Å². The van der Waals surface area contributed by atoms with Gasteiger partial charge in [-0.2, -0.15) is 0 Å². The van der Waals surface area contributed by atoms with E-state index in [1.165, 1.54) is 0 Å². The Bertz CT molecular complexity index is 666. The lowest BCUT2D eigenvalue weighted by Gasteiger charge is -2.16. The number of hydrogen-bond acceptors (Lipinski definition) is 6. The highest BCUT2D eigenvalue weighted by molar-refractivity contribution is 7.44. The van der Waals surface area contributed by atoms with E-state index in [0.29, 0.717) is 6.42 Å². The number of fused-ring (bicyclic) bond motifs is 1. The van der Waals surface area contributed by atoms with E-state index in [0.717, 1.165) is 34.2 Å². The first kappa shape index (κ1) is 18.9. The molecule has 24 heavy (non-hydrogen) atoms. The van der Waals surface area contributed by atoms with E-state index in [1.54, 1.807) is 0 Å². The Labute approximate surface area is 142 Å². The normalized spacial score (nSPS) is 14.2. The molecule has 0 atom stereocenters. The van der Waals surface area contributed by atoms with Gasteiger partial charge in [0.2, 0.25) is 0 Å². The summed E-state index contributed by atoms with van der Waals surface area (Å²) < 4.78 is 10.2. The number of carbonyl (C=O) groups is 1. The van der Waals surface area contributed by atoms with Crippen molar-refractivity contribution >= 4 is 14.3 Å². The van der Waals surface area contributed by atoms with Crippen molar-refractivity contribution in [1.29, 1.82) is 0 Å². The fourth-order valence-electron chi connectivity index (χ4n) is 2.96. The SMILES string of the molecule is CCc1c(C)c2c(c(O)c1C/C=C(\C)COCP(O)O)C(=O)OC2. The van der Waals surface area contributed by atoms with E-state index in [4.69, 9.17) is 19.3 Å². The maximum Gasteiger partial charge on any atom is 0.342 e. The smallest absolute Gasteiger partial charge is 0.342 e. The third-order valence-corrected chi connectivity index (χ3v) is 4.60.